The molecule has 0 bridgehead atoms. The van der Waals surface area contributed by atoms with Crippen LogP contribution in [0.2, 0.25) is 0 Å². The first-order valence-corrected chi connectivity index (χ1v) is 4.47. The molecule has 1 fully saturated rings. The van der Waals surface area contributed by atoms with E-state index < -0.39 is 0 Å². The van der Waals surface area contributed by atoms with Crippen molar-refractivity contribution in [2.45, 2.75) is 39.0 Å². The van der Waals surface area contributed by atoms with E-state index in [-0.39, 0.29) is 0 Å². The van der Waals surface area contributed by atoms with Crippen LogP contribution in [0.3, 0.4) is 0 Å². The van der Waals surface area contributed by atoms with Crippen LogP contribution in [0.15, 0.2) is 0 Å². The highest BCUT2D eigenvalue weighted by atomic mass is 14.8. The van der Waals surface area contributed by atoms with Gasteiger partial charge < -0.3 is 5.32 Å². The molecule has 1 heteroatoms. The van der Waals surface area contributed by atoms with E-state index in [1.807, 2.05) is 0 Å². The van der Waals surface area contributed by atoms with Gasteiger partial charge in [0.2, 0.25) is 0 Å². The average molecular weight is 141 g/mol. The minimum absolute atomic E-state index is 0.675. The summed E-state index contributed by atoms with van der Waals surface area (Å²) in [5.74, 6) is 0. The summed E-state index contributed by atoms with van der Waals surface area (Å²) in [7, 11) is 2.07. The first kappa shape index (κ1) is 8.06. The molecule has 0 saturated heterocycles. The Kier molecular flexibility index (Phi) is 2.72. The van der Waals surface area contributed by atoms with Gasteiger partial charge in [0.25, 0.3) is 0 Å². The molecule has 0 aromatic carbocycles. The lowest BCUT2D eigenvalue weighted by Crippen LogP contribution is -2.28. The van der Waals surface area contributed by atoms with Crippen LogP contribution in [0.25, 0.3) is 0 Å². The molecule has 0 aromatic heterocycles. The van der Waals surface area contributed by atoms with Crippen LogP contribution >= 0.6 is 0 Å². The molecule has 60 valence electrons. The Morgan fingerprint density at radius 3 is 2.30 bits per heavy atom. The molecule has 0 aliphatic heterocycles. The molecule has 0 atom stereocenters. The monoisotopic (exact) mass is 141 g/mol. The SMILES string of the molecule is CCC1(CNC)CCCC1. The van der Waals surface area contributed by atoms with Crippen molar-refractivity contribution >= 4 is 0 Å². The Morgan fingerprint density at radius 1 is 1.30 bits per heavy atom. The molecular formula is C9H19N. The maximum atomic E-state index is 3.30. The van der Waals surface area contributed by atoms with E-state index in [0.717, 1.165) is 0 Å². The van der Waals surface area contributed by atoms with Crippen molar-refractivity contribution in [1.82, 2.24) is 5.32 Å². The fourth-order valence-corrected chi connectivity index (χ4v) is 2.16. The second-order valence-electron chi connectivity index (χ2n) is 3.59. The van der Waals surface area contributed by atoms with E-state index in [9.17, 15) is 0 Å². The van der Waals surface area contributed by atoms with Crippen molar-refractivity contribution in [1.29, 1.82) is 0 Å². The molecule has 1 N–H and O–H groups in total. The molecule has 1 aliphatic carbocycles. The molecule has 1 aliphatic rings. The van der Waals surface area contributed by atoms with Crippen molar-refractivity contribution in [2.75, 3.05) is 13.6 Å². The number of rotatable bonds is 3. The van der Waals surface area contributed by atoms with Crippen LogP contribution in [-0.4, -0.2) is 13.6 Å². The van der Waals surface area contributed by atoms with E-state index >= 15 is 0 Å². The minimum Gasteiger partial charge on any atom is -0.319 e. The van der Waals surface area contributed by atoms with Gasteiger partial charge in [-0.25, -0.2) is 0 Å². The highest BCUT2D eigenvalue weighted by Crippen LogP contribution is 2.39. The molecular weight excluding hydrogens is 122 g/mol. The number of hydrogen-bond donors (Lipinski definition) is 1. The summed E-state index contributed by atoms with van der Waals surface area (Å²) in [6, 6.07) is 0. The lowest BCUT2D eigenvalue weighted by atomic mass is 9.83. The van der Waals surface area contributed by atoms with E-state index in [1.54, 1.807) is 0 Å². The molecule has 10 heavy (non-hydrogen) atoms. The topological polar surface area (TPSA) is 12.0 Å². The van der Waals surface area contributed by atoms with Crippen molar-refractivity contribution in [2.24, 2.45) is 5.41 Å². The number of nitrogens with one attached hydrogen (secondary N) is 1. The molecule has 0 aromatic rings. The first-order valence-electron chi connectivity index (χ1n) is 4.47. The molecule has 0 amide bonds. The van der Waals surface area contributed by atoms with Gasteiger partial charge in [-0.05, 0) is 31.7 Å². The van der Waals surface area contributed by atoms with Crippen LogP contribution in [0.5, 0.6) is 0 Å². The van der Waals surface area contributed by atoms with Gasteiger partial charge in [-0.1, -0.05) is 19.8 Å². The summed E-state index contributed by atoms with van der Waals surface area (Å²) in [4.78, 5) is 0. The zero-order chi connectivity index (χ0) is 7.45. The number of hydrogen-bond acceptors (Lipinski definition) is 1. The standard InChI is InChI=1S/C9H19N/c1-3-9(8-10-2)6-4-5-7-9/h10H,3-8H2,1-2H3. The summed E-state index contributed by atoms with van der Waals surface area (Å²) in [6.45, 7) is 3.55. The largest absolute Gasteiger partial charge is 0.319 e. The van der Waals surface area contributed by atoms with Crippen LogP contribution in [0, 0.1) is 5.41 Å². The molecule has 1 rings (SSSR count). The summed E-state index contributed by atoms with van der Waals surface area (Å²) in [6.07, 6.45) is 7.16. The maximum Gasteiger partial charge on any atom is 0.000470 e. The van der Waals surface area contributed by atoms with Crippen LogP contribution in [-0.2, 0) is 0 Å². The zero-order valence-corrected chi connectivity index (χ0v) is 7.24. The van der Waals surface area contributed by atoms with Gasteiger partial charge in [0.15, 0.2) is 0 Å². The smallest absolute Gasteiger partial charge is 0.000470 e. The molecule has 1 nitrogen and oxygen atoms in total. The Balaban J connectivity index is 2.41. The van der Waals surface area contributed by atoms with Gasteiger partial charge in [0, 0.05) is 6.54 Å². The molecule has 1 saturated carbocycles. The third-order valence-electron chi connectivity index (χ3n) is 2.97. The van der Waals surface area contributed by atoms with Crippen LogP contribution in [0.1, 0.15) is 39.0 Å². The Morgan fingerprint density at radius 2 is 1.90 bits per heavy atom. The second kappa shape index (κ2) is 3.38. The van der Waals surface area contributed by atoms with E-state index in [1.165, 1.54) is 38.6 Å². The van der Waals surface area contributed by atoms with Crippen molar-refractivity contribution < 1.29 is 0 Å². The second-order valence-corrected chi connectivity index (χ2v) is 3.59. The maximum absolute atomic E-state index is 3.30. The Bertz CT molecular complexity index is 92.9. The van der Waals surface area contributed by atoms with Gasteiger partial charge in [0.1, 0.15) is 0 Å². The van der Waals surface area contributed by atoms with Gasteiger partial charge in [-0.2, -0.15) is 0 Å². The van der Waals surface area contributed by atoms with E-state index in [2.05, 4.69) is 19.3 Å². The van der Waals surface area contributed by atoms with Crippen molar-refractivity contribution in [3.8, 4) is 0 Å². The predicted molar refractivity (Wildman–Crippen MR) is 45.1 cm³/mol. The summed E-state index contributed by atoms with van der Waals surface area (Å²) in [5.41, 5.74) is 0.675. The quantitative estimate of drug-likeness (QED) is 0.635. The third-order valence-corrected chi connectivity index (χ3v) is 2.97. The van der Waals surface area contributed by atoms with E-state index in [0.29, 0.717) is 5.41 Å². The highest BCUT2D eigenvalue weighted by molar-refractivity contribution is 4.84. The Hall–Kier alpha value is -0.0400. The van der Waals surface area contributed by atoms with Crippen LogP contribution < -0.4 is 5.32 Å². The Labute approximate surface area is 64.2 Å². The van der Waals surface area contributed by atoms with Gasteiger partial charge in [-0.15, -0.1) is 0 Å². The van der Waals surface area contributed by atoms with E-state index in [4.69, 9.17) is 0 Å². The van der Waals surface area contributed by atoms with Gasteiger partial charge in [-0.3, -0.25) is 0 Å². The first-order chi connectivity index (χ1) is 4.83. The lowest BCUT2D eigenvalue weighted by molar-refractivity contribution is 0.276. The summed E-state index contributed by atoms with van der Waals surface area (Å²) < 4.78 is 0. The fourth-order valence-electron chi connectivity index (χ4n) is 2.16. The highest BCUT2D eigenvalue weighted by Gasteiger charge is 2.30. The normalized spacial score (nSPS) is 23.4. The van der Waals surface area contributed by atoms with Gasteiger partial charge in [0.05, 0.1) is 0 Å². The lowest BCUT2D eigenvalue weighted by Gasteiger charge is -2.26. The summed E-state index contributed by atoms with van der Waals surface area (Å²) >= 11 is 0. The minimum atomic E-state index is 0.675. The van der Waals surface area contributed by atoms with Crippen molar-refractivity contribution in [3.05, 3.63) is 0 Å². The van der Waals surface area contributed by atoms with Gasteiger partial charge >= 0.3 is 0 Å². The van der Waals surface area contributed by atoms with Crippen molar-refractivity contribution in [3.63, 3.8) is 0 Å². The predicted octanol–water partition coefficient (Wildman–Crippen LogP) is 2.18. The molecule has 0 unspecified atom stereocenters. The fraction of sp³-hybridized carbons (Fsp3) is 1.00. The molecule has 0 spiro atoms. The summed E-state index contributed by atoms with van der Waals surface area (Å²) in [5, 5.41) is 3.30. The molecule has 0 heterocycles. The molecule has 0 radical (unpaired) electrons. The van der Waals surface area contributed by atoms with Crippen LogP contribution in [0.4, 0.5) is 0 Å². The average Bonchev–Trinajstić information content (AvgIpc) is 2.39. The zero-order valence-electron chi connectivity index (χ0n) is 7.24. The third kappa shape index (κ3) is 1.51.